The Bertz CT molecular complexity index is 792. The number of nitrogens with one attached hydrogen (secondary N) is 1. The Kier molecular flexibility index (Phi) is 4.00. The predicted octanol–water partition coefficient (Wildman–Crippen LogP) is 3.67. The van der Waals surface area contributed by atoms with E-state index in [0.717, 1.165) is 40.5 Å². The van der Waals surface area contributed by atoms with Gasteiger partial charge < -0.3 is 14.2 Å². The fourth-order valence-electron chi connectivity index (χ4n) is 3.54. The van der Waals surface area contributed by atoms with Crippen LogP contribution in [0.1, 0.15) is 52.6 Å². The quantitative estimate of drug-likeness (QED) is 0.919. The Labute approximate surface area is 144 Å². The summed E-state index contributed by atoms with van der Waals surface area (Å²) in [5.74, 6) is 2.08. The van der Waals surface area contributed by atoms with Crippen LogP contribution < -0.4 is 5.32 Å². The van der Waals surface area contributed by atoms with Gasteiger partial charge in [0.2, 0.25) is 0 Å². The molecule has 2 aliphatic rings. The number of nitrogens with zero attached hydrogens (tertiary/aromatic N) is 1. The third kappa shape index (κ3) is 2.69. The minimum absolute atomic E-state index is 0.146. The molecule has 0 saturated carbocycles. The lowest BCUT2D eigenvalue weighted by Crippen LogP contribution is -2.26. The molecule has 2 unspecified atom stereocenters. The molecule has 1 amide bonds. The zero-order valence-corrected chi connectivity index (χ0v) is 14.6. The largest absolute Gasteiger partial charge is 0.469 e. The first kappa shape index (κ1) is 15.6. The molecule has 0 bridgehead atoms. The summed E-state index contributed by atoms with van der Waals surface area (Å²) in [7, 11) is 0. The fraction of sp³-hybridized carbons (Fsp3) is 0.444. The maximum atomic E-state index is 12.5. The lowest BCUT2D eigenvalue weighted by atomic mass is 9.90. The van der Waals surface area contributed by atoms with Crippen LogP contribution in [0, 0.1) is 6.92 Å². The number of hydrogen-bond donors (Lipinski definition) is 1. The molecule has 1 aliphatic carbocycles. The van der Waals surface area contributed by atoms with E-state index in [1.807, 2.05) is 30.8 Å². The third-order valence-corrected chi connectivity index (χ3v) is 5.90. The van der Waals surface area contributed by atoms with Crippen LogP contribution >= 0.6 is 11.8 Å². The number of carbonyl (C=O) groups excluding carboxylic acids is 1. The Morgan fingerprint density at radius 3 is 3.12 bits per heavy atom. The van der Waals surface area contributed by atoms with Gasteiger partial charge in [-0.1, -0.05) is 0 Å². The number of aryl methyl sites for hydroxylation is 1. The molecule has 2 aromatic heterocycles. The molecule has 6 heteroatoms. The first-order valence-corrected chi connectivity index (χ1v) is 9.15. The molecule has 1 N–H and O–H groups in total. The van der Waals surface area contributed by atoms with Gasteiger partial charge in [0.25, 0.3) is 5.91 Å². The number of rotatable bonds is 4. The Morgan fingerprint density at radius 1 is 1.46 bits per heavy atom. The summed E-state index contributed by atoms with van der Waals surface area (Å²) >= 11 is 1.85. The second-order valence-electron chi connectivity index (χ2n) is 6.27. The second-order valence-corrected chi connectivity index (χ2v) is 7.70. The molecule has 3 heterocycles. The monoisotopic (exact) mass is 344 g/mol. The molecule has 0 radical (unpaired) electrons. The number of carbonyl (C=O) groups is 1. The van der Waals surface area contributed by atoms with Crippen LogP contribution in [0.4, 0.5) is 0 Å². The normalized spacial score (nSPS) is 22.0. The van der Waals surface area contributed by atoms with Gasteiger partial charge in [0.15, 0.2) is 5.76 Å². The molecular formula is C18H20N2O3S. The number of amides is 1. The van der Waals surface area contributed by atoms with Crippen LogP contribution in [0.25, 0.3) is 0 Å². The zero-order chi connectivity index (χ0) is 16.7. The van der Waals surface area contributed by atoms with E-state index < -0.39 is 0 Å². The summed E-state index contributed by atoms with van der Waals surface area (Å²) in [5.41, 5.74) is 2.07. The van der Waals surface area contributed by atoms with Crippen molar-refractivity contribution in [2.45, 2.75) is 44.4 Å². The summed E-state index contributed by atoms with van der Waals surface area (Å²) < 4.78 is 11.2. The molecule has 2 aromatic rings. The average molecular weight is 344 g/mol. The van der Waals surface area contributed by atoms with E-state index in [9.17, 15) is 4.79 Å². The lowest BCUT2D eigenvalue weighted by molar-refractivity contribution is 0.0923. The van der Waals surface area contributed by atoms with Crippen molar-refractivity contribution in [1.82, 2.24) is 5.32 Å². The first-order chi connectivity index (χ1) is 11.6. The first-order valence-electron chi connectivity index (χ1n) is 8.27. The molecule has 4 rings (SSSR count). The van der Waals surface area contributed by atoms with Crippen LogP contribution in [0.3, 0.4) is 0 Å². The van der Waals surface area contributed by atoms with E-state index in [0.29, 0.717) is 24.0 Å². The van der Waals surface area contributed by atoms with E-state index in [-0.39, 0.29) is 11.9 Å². The van der Waals surface area contributed by atoms with Crippen LogP contribution in [-0.2, 0) is 12.8 Å². The summed E-state index contributed by atoms with van der Waals surface area (Å²) in [6.07, 6.45) is 4.24. The van der Waals surface area contributed by atoms with E-state index in [2.05, 4.69) is 12.2 Å². The highest BCUT2D eigenvalue weighted by Crippen LogP contribution is 2.47. The van der Waals surface area contributed by atoms with Crippen molar-refractivity contribution in [2.75, 3.05) is 6.54 Å². The van der Waals surface area contributed by atoms with Crippen LogP contribution in [0.5, 0.6) is 0 Å². The Hall–Kier alpha value is -1.95. The van der Waals surface area contributed by atoms with Crippen molar-refractivity contribution in [3.05, 3.63) is 46.8 Å². The van der Waals surface area contributed by atoms with Crippen molar-refractivity contribution in [3.8, 4) is 0 Å². The van der Waals surface area contributed by atoms with Crippen LogP contribution in [-0.4, -0.2) is 22.7 Å². The van der Waals surface area contributed by atoms with Crippen molar-refractivity contribution in [1.29, 1.82) is 0 Å². The standard InChI is InChI=1S/C18H20N2O3S/c1-10-15-13(5-6-14-16(15)20-11(2)24-14)23-17(10)18(21)19-8-7-12-4-3-9-22-12/h3-4,9,14,16H,5-8H2,1-2H3,(H,19,21). The molecule has 0 aromatic carbocycles. The van der Waals surface area contributed by atoms with Gasteiger partial charge in [0, 0.05) is 35.8 Å². The second kappa shape index (κ2) is 6.16. The maximum absolute atomic E-state index is 12.5. The van der Waals surface area contributed by atoms with E-state index in [4.69, 9.17) is 13.8 Å². The van der Waals surface area contributed by atoms with Gasteiger partial charge in [-0.25, -0.2) is 0 Å². The topological polar surface area (TPSA) is 67.7 Å². The van der Waals surface area contributed by atoms with E-state index >= 15 is 0 Å². The summed E-state index contributed by atoms with van der Waals surface area (Å²) in [4.78, 5) is 17.2. The minimum Gasteiger partial charge on any atom is -0.469 e. The summed E-state index contributed by atoms with van der Waals surface area (Å²) in [6, 6.07) is 3.90. The van der Waals surface area contributed by atoms with Gasteiger partial charge in [-0.2, -0.15) is 0 Å². The van der Waals surface area contributed by atoms with Gasteiger partial charge in [-0.15, -0.1) is 11.8 Å². The third-order valence-electron chi connectivity index (χ3n) is 4.66. The van der Waals surface area contributed by atoms with Crippen molar-refractivity contribution in [3.63, 3.8) is 0 Å². The fourth-order valence-corrected chi connectivity index (χ4v) is 4.72. The Balaban J connectivity index is 1.50. The van der Waals surface area contributed by atoms with E-state index in [1.54, 1.807) is 6.26 Å². The van der Waals surface area contributed by atoms with Crippen molar-refractivity contribution >= 4 is 22.7 Å². The average Bonchev–Trinajstić information content (AvgIpc) is 3.25. The molecule has 0 saturated heterocycles. The Morgan fingerprint density at radius 2 is 2.33 bits per heavy atom. The number of furan rings is 2. The minimum atomic E-state index is -0.156. The highest BCUT2D eigenvalue weighted by atomic mass is 32.2. The molecule has 0 fully saturated rings. The molecule has 24 heavy (non-hydrogen) atoms. The molecule has 0 spiro atoms. The van der Waals surface area contributed by atoms with Crippen LogP contribution in [0.2, 0.25) is 0 Å². The highest BCUT2D eigenvalue weighted by Gasteiger charge is 2.39. The predicted molar refractivity (Wildman–Crippen MR) is 93.7 cm³/mol. The molecule has 126 valence electrons. The van der Waals surface area contributed by atoms with E-state index in [1.165, 1.54) is 0 Å². The highest BCUT2D eigenvalue weighted by molar-refractivity contribution is 8.14. The van der Waals surface area contributed by atoms with Crippen LogP contribution in [0.15, 0.2) is 32.2 Å². The summed E-state index contributed by atoms with van der Waals surface area (Å²) in [6.45, 7) is 4.55. The smallest absolute Gasteiger partial charge is 0.287 e. The number of aliphatic imine (C=N–C) groups is 1. The molecular weight excluding hydrogens is 324 g/mol. The van der Waals surface area contributed by atoms with Gasteiger partial charge in [0.05, 0.1) is 17.3 Å². The molecule has 2 atom stereocenters. The lowest BCUT2D eigenvalue weighted by Gasteiger charge is -2.22. The SMILES string of the molecule is CC1=NC2c3c(oc(C(=O)NCCc4ccco4)c3C)CCC2S1. The maximum Gasteiger partial charge on any atom is 0.287 e. The van der Waals surface area contributed by atoms with Gasteiger partial charge in [-0.05, 0) is 32.4 Å². The number of fused-ring (bicyclic) bond motifs is 3. The molecule has 5 nitrogen and oxygen atoms in total. The van der Waals surface area contributed by atoms with Gasteiger partial charge >= 0.3 is 0 Å². The molecule has 1 aliphatic heterocycles. The van der Waals surface area contributed by atoms with Gasteiger partial charge in [0.1, 0.15) is 11.5 Å². The number of thioether (sulfide) groups is 1. The van der Waals surface area contributed by atoms with Crippen molar-refractivity contribution in [2.24, 2.45) is 4.99 Å². The number of hydrogen-bond acceptors (Lipinski definition) is 5. The van der Waals surface area contributed by atoms with Crippen molar-refractivity contribution < 1.29 is 13.6 Å². The summed E-state index contributed by atoms with van der Waals surface area (Å²) in [5, 5.41) is 4.54. The van der Waals surface area contributed by atoms with Gasteiger partial charge in [-0.3, -0.25) is 9.79 Å². The zero-order valence-electron chi connectivity index (χ0n) is 13.8.